The molecule has 0 unspecified atom stereocenters. The number of anilines is 1. The molecule has 7 nitrogen and oxygen atoms in total. The lowest BCUT2D eigenvalue weighted by molar-refractivity contribution is -0.142. The first kappa shape index (κ1) is 12.7. The van der Waals surface area contributed by atoms with E-state index in [-0.39, 0.29) is 18.0 Å². The van der Waals surface area contributed by atoms with Gasteiger partial charge in [0.05, 0.1) is 12.1 Å². The van der Waals surface area contributed by atoms with Gasteiger partial charge in [-0.15, -0.1) is 5.10 Å². The van der Waals surface area contributed by atoms with Crippen LogP contribution in [0.5, 0.6) is 0 Å². The number of carboxylic acid groups (broad SMARTS) is 1. The Hall–Kier alpha value is -1.70. The summed E-state index contributed by atoms with van der Waals surface area (Å²) in [7, 11) is 0. The van der Waals surface area contributed by atoms with Crippen LogP contribution in [0.25, 0.3) is 0 Å². The largest absolute Gasteiger partial charge is 0.481 e. The van der Waals surface area contributed by atoms with Gasteiger partial charge >= 0.3 is 12.0 Å². The van der Waals surface area contributed by atoms with Crippen molar-refractivity contribution < 1.29 is 14.7 Å². The van der Waals surface area contributed by atoms with E-state index in [0.29, 0.717) is 30.7 Å². The second-order valence-corrected chi connectivity index (χ2v) is 5.05. The number of nitrogens with one attached hydrogen (secondary N) is 2. The van der Waals surface area contributed by atoms with Crippen molar-refractivity contribution in [3.63, 3.8) is 0 Å². The number of hydrogen-bond donors (Lipinski definition) is 3. The van der Waals surface area contributed by atoms with E-state index in [9.17, 15) is 9.59 Å². The molecule has 0 bridgehead atoms. The standard InChI is InChI=1S/C10H14N4O3S/c15-9(16)6-1-3-7(4-2-6)12-10(17)13-8-5-11-14-18-8/h5-7H,1-4H2,(H,15,16)(H2,12,13,17). The summed E-state index contributed by atoms with van der Waals surface area (Å²) < 4.78 is 3.64. The third-order valence-electron chi connectivity index (χ3n) is 3.01. The highest BCUT2D eigenvalue weighted by atomic mass is 32.1. The van der Waals surface area contributed by atoms with Crippen molar-refractivity contribution in [3.8, 4) is 0 Å². The van der Waals surface area contributed by atoms with Crippen LogP contribution in [0.4, 0.5) is 9.80 Å². The van der Waals surface area contributed by atoms with Crippen molar-refractivity contribution in [2.75, 3.05) is 5.32 Å². The molecule has 1 aliphatic rings. The minimum Gasteiger partial charge on any atom is -0.481 e. The number of carbonyl (C=O) groups is 2. The quantitative estimate of drug-likeness (QED) is 0.768. The van der Waals surface area contributed by atoms with Gasteiger partial charge in [-0.2, -0.15) is 0 Å². The van der Waals surface area contributed by atoms with E-state index in [1.807, 2.05) is 0 Å². The number of carboxylic acids is 1. The zero-order chi connectivity index (χ0) is 13.0. The van der Waals surface area contributed by atoms with Gasteiger partial charge in [0.2, 0.25) is 0 Å². The molecule has 8 heteroatoms. The Kier molecular flexibility index (Phi) is 4.08. The van der Waals surface area contributed by atoms with E-state index in [1.54, 1.807) is 0 Å². The summed E-state index contributed by atoms with van der Waals surface area (Å²) in [5, 5.41) is 18.5. The van der Waals surface area contributed by atoms with Gasteiger partial charge in [0.25, 0.3) is 0 Å². The molecule has 1 aromatic heterocycles. The summed E-state index contributed by atoms with van der Waals surface area (Å²) in [5.41, 5.74) is 0. The van der Waals surface area contributed by atoms with Crippen molar-refractivity contribution >= 4 is 28.5 Å². The van der Waals surface area contributed by atoms with Crippen molar-refractivity contribution in [1.82, 2.24) is 14.9 Å². The maximum Gasteiger partial charge on any atom is 0.320 e. The van der Waals surface area contributed by atoms with E-state index in [0.717, 1.165) is 11.5 Å². The number of aliphatic carboxylic acids is 1. The van der Waals surface area contributed by atoms with Gasteiger partial charge in [-0.1, -0.05) is 4.49 Å². The van der Waals surface area contributed by atoms with Gasteiger partial charge in [-0.3, -0.25) is 10.1 Å². The van der Waals surface area contributed by atoms with Crippen LogP contribution in [0, 0.1) is 5.92 Å². The third-order valence-corrected chi connectivity index (χ3v) is 3.59. The summed E-state index contributed by atoms with van der Waals surface area (Å²) >= 11 is 1.11. The monoisotopic (exact) mass is 270 g/mol. The average molecular weight is 270 g/mol. The number of amides is 2. The van der Waals surface area contributed by atoms with Crippen LogP contribution in [0.1, 0.15) is 25.7 Å². The number of hydrogen-bond acceptors (Lipinski definition) is 5. The molecule has 1 saturated carbocycles. The molecule has 98 valence electrons. The Bertz CT molecular complexity index is 415. The van der Waals surface area contributed by atoms with Crippen LogP contribution in [0.15, 0.2) is 6.20 Å². The molecule has 1 aromatic rings. The summed E-state index contributed by atoms with van der Waals surface area (Å²) in [6, 6.07) is -0.249. The highest BCUT2D eigenvalue weighted by molar-refractivity contribution is 7.10. The third kappa shape index (κ3) is 3.39. The molecular weight excluding hydrogens is 256 g/mol. The number of urea groups is 1. The van der Waals surface area contributed by atoms with E-state index < -0.39 is 5.97 Å². The lowest BCUT2D eigenvalue weighted by Crippen LogP contribution is -2.40. The van der Waals surface area contributed by atoms with Gasteiger partial charge in [-0.05, 0) is 25.7 Å². The molecule has 0 aromatic carbocycles. The molecule has 18 heavy (non-hydrogen) atoms. The lowest BCUT2D eigenvalue weighted by Gasteiger charge is -2.26. The van der Waals surface area contributed by atoms with E-state index in [4.69, 9.17) is 5.11 Å². The van der Waals surface area contributed by atoms with Crippen LogP contribution in [0.2, 0.25) is 0 Å². The zero-order valence-electron chi connectivity index (χ0n) is 9.63. The molecule has 0 radical (unpaired) electrons. The Morgan fingerprint density at radius 3 is 2.61 bits per heavy atom. The molecule has 1 aliphatic carbocycles. The molecule has 0 spiro atoms. The molecule has 1 heterocycles. The van der Waals surface area contributed by atoms with Gasteiger partial charge in [0.15, 0.2) is 0 Å². The molecule has 0 aliphatic heterocycles. The van der Waals surface area contributed by atoms with E-state index in [1.165, 1.54) is 6.20 Å². The molecule has 2 rings (SSSR count). The number of nitrogens with zero attached hydrogens (tertiary/aromatic N) is 2. The average Bonchev–Trinajstić information content (AvgIpc) is 2.82. The van der Waals surface area contributed by atoms with E-state index in [2.05, 4.69) is 20.2 Å². The topological polar surface area (TPSA) is 104 Å². The van der Waals surface area contributed by atoms with Crippen LogP contribution >= 0.6 is 11.5 Å². The smallest absolute Gasteiger partial charge is 0.320 e. The molecule has 2 amide bonds. The maximum atomic E-state index is 11.6. The predicted molar refractivity (Wildman–Crippen MR) is 65.4 cm³/mol. The van der Waals surface area contributed by atoms with Crippen LogP contribution in [-0.2, 0) is 4.79 Å². The molecule has 0 atom stereocenters. The van der Waals surface area contributed by atoms with Crippen molar-refractivity contribution in [2.45, 2.75) is 31.7 Å². The number of aromatic nitrogens is 2. The lowest BCUT2D eigenvalue weighted by atomic mass is 9.86. The fourth-order valence-corrected chi connectivity index (χ4v) is 2.46. The van der Waals surface area contributed by atoms with Crippen LogP contribution < -0.4 is 10.6 Å². The molecule has 3 N–H and O–H groups in total. The van der Waals surface area contributed by atoms with Gasteiger partial charge in [-0.25, -0.2) is 4.79 Å². The Morgan fingerprint density at radius 2 is 2.06 bits per heavy atom. The van der Waals surface area contributed by atoms with Crippen LogP contribution in [-0.4, -0.2) is 32.7 Å². The zero-order valence-corrected chi connectivity index (χ0v) is 10.4. The number of rotatable bonds is 3. The fourth-order valence-electron chi connectivity index (χ4n) is 2.04. The highest BCUT2D eigenvalue weighted by Crippen LogP contribution is 2.24. The molecule has 0 saturated heterocycles. The van der Waals surface area contributed by atoms with Gasteiger partial charge in [0.1, 0.15) is 5.00 Å². The predicted octanol–water partition coefficient (Wildman–Crippen LogP) is 1.30. The van der Waals surface area contributed by atoms with Crippen molar-refractivity contribution in [2.24, 2.45) is 5.92 Å². The minimum absolute atomic E-state index is 0.0430. The van der Waals surface area contributed by atoms with Gasteiger partial charge in [0, 0.05) is 17.6 Å². The first-order chi connectivity index (χ1) is 8.65. The Labute approximate surface area is 108 Å². The second kappa shape index (κ2) is 5.76. The van der Waals surface area contributed by atoms with Crippen molar-refractivity contribution in [1.29, 1.82) is 0 Å². The Balaban J connectivity index is 1.74. The van der Waals surface area contributed by atoms with Crippen molar-refractivity contribution in [3.05, 3.63) is 6.20 Å². The summed E-state index contributed by atoms with van der Waals surface area (Å²) in [5.74, 6) is -1.01. The van der Waals surface area contributed by atoms with Gasteiger partial charge < -0.3 is 10.4 Å². The minimum atomic E-state index is -0.742. The normalized spacial score (nSPS) is 23.3. The molecule has 1 fully saturated rings. The highest BCUT2D eigenvalue weighted by Gasteiger charge is 2.26. The summed E-state index contributed by atoms with van der Waals surface area (Å²) in [4.78, 5) is 22.4. The van der Waals surface area contributed by atoms with Crippen LogP contribution in [0.3, 0.4) is 0 Å². The number of carbonyl (C=O) groups excluding carboxylic acids is 1. The SMILES string of the molecule is O=C(Nc1cnns1)NC1CCC(C(=O)O)CC1. The fraction of sp³-hybridized carbons (Fsp3) is 0.600. The Morgan fingerprint density at radius 1 is 1.33 bits per heavy atom. The van der Waals surface area contributed by atoms with E-state index >= 15 is 0 Å². The first-order valence-electron chi connectivity index (χ1n) is 5.73. The summed E-state index contributed by atoms with van der Waals surface area (Å²) in [6.07, 6.45) is 4.10. The summed E-state index contributed by atoms with van der Waals surface area (Å²) in [6.45, 7) is 0. The first-order valence-corrected chi connectivity index (χ1v) is 6.50. The maximum absolute atomic E-state index is 11.6. The molecular formula is C10H14N4O3S. The second-order valence-electron chi connectivity index (χ2n) is 4.27.